The molecule has 2 N–H and O–H groups in total. The van der Waals surface area contributed by atoms with Gasteiger partial charge in [0.1, 0.15) is 0 Å². The van der Waals surface area contributed by atoms with Gasteiger partial charge in [-0.15, -0.1) is 0 Å². The van der Waals surface area contributed by atoms with Gasteiger partial charge in [-0.3, -0.25) is 0 Å². The van der Waals surface area contributed by atoms with Crippen LogP contribution in [-0.2, 0) is 0 Å². The summed E-state index contributed by atoms with van der Waals surface area (Å²) in [6.07, 6.45) is 2.17. The van der Waals surface area contributed by atoms with E-state index >= 15 is 0 Å². The molecule has 96 valence electrons. The zero-order chi connectivity index (χ0) is 12.7. The Balaban J connectivity index is 2.06. The van der Waals surface area contributed by atoms with Crippen molar-refractivity contribution in [1.29, 1.82) is 0 Å². The first-order chi connectivity index (χ1) is 8.65. The Kier molecular flexibility index (Phi) is 2.88. The number of hydrogen-bond acceptors (Lipinski definition) is 2. The summed E-state index contributed by atoms with van der Waals surface area (Å²) in [5.74, 6) is 0. The average molecular weight is 243 g/mol. The molecule has 18 heavy (non-hydrogen) atoms. The van der Waals surface area contributed by atoms with E-state index in [1.807, 2.05) is 0 Å². The van der Waals surface area contributed by atoms with Gasteiger partial charge >= 0.3 is 0 Å². The highest BCUT2D eigenvalue weighted by molar-refractivity contribution is 5.87. The fourth-order valence-electron chi connectivity index (χ4n) is 3.01. The lowest BCUT2D eigenvalue weighted by Gasteiger charge is -2.30. The number of fused-ring (bicyclic) bond motifs is 1. The van der Waals surface area contributed by atoms with E-state index in [0.717, 1.165) is 19.6 Å². The fourth-order valence-corrected chi connectivity index (χ4v) is 3.01. The van der Waals surface area contributed by atoms with Crippen LogP contribution in [0.4, 0.5) is 0 Å². The first kappa shape index (κ1) is 11.8. The predicted molar refractivity (Wildman–Crippen MR) is 76.0 cm³/mol. The van der Waals surface area contributed by atoms with Gasteiger partial charge in [0.15, 0.2) is 0 Å². The van der Waals surface area contributed by atoms with Gasteiger partial charge in [-0.05, 0) is 38.1 Å². The van der Waals surface area contributed by atoms with Crippen LogP contribution < -0.4 is 5.32 Å². The molecule has 1 saturated heterocycles. The SMILES string of the molecule is Cc1cc(C)c2[nH]cc(C3CN(C)CCN3)c2c1. The first-order valence-corrected chi connectivity index (χ1v) is 6.65. The zero-order valence-corrected chi connectivity index (χ0v) is 11.4. The maximum absolute atomic E-state index is 3.62. The minimum absolute atomic E-state index is 0.443. The highest BCUT2D eigenvalue weighted by Crippen LogP contribution is 2.28. The number of H-pyrrole nitrogens is 1. The lowest BCUT2D eigenvalue weighted by atomic mass is 10.0. The molecule has 2 heterocycles. The second-order valence-electron chi connectivity index (χ2n) is 5.52. The number of aryl methyl sites for hydroxylation is 2. The molecule has 1 unspecified atom stereocenters. The Morgan fingerprint density at radius 2 is 2.11 bits per heavy atom. The minimum Gasteiger partial charge on any atom is -0.361 e. The number of likely N-dealkylation sites (N-methyl/N-ethyl adjacent to an activating group) is 1. The average Bonchev–Trinajstić information content (AvgIpc) is 2.72. The molecule has 2 aromatic rings. The number of nitrogens with zero attached hydrogens (tertiary/aromatic N) is 1. The van der Waals surface area contributed by atoms with Crippen molar-refractivity contribution in [3.8, 4) is 0 Å². The topological polar surface area (TPSA) is 31.1 Å². The van der Waals surface area contributed by atoms with Crippen LogP contribution in [-0.4, -0.2) is 36.6 Å². The van der Waals surface area contributed by atoms with Gasteiger partial charge in [-0.25, -0.2) is 0 Å². The fraction of sp³-hybridized carbons (Fsp3) is 0.467. The van der Waals surface area contributed by atoms with Crippen LogP contribution in [0.3, 0.4) is 0 Å². The van der Waals surface area contributed by atoms with Crippen molar-refractivity contribution in [2.45, 2.75) is 19.9 Å². The van der Waals surface area contributed by atoms with Gasteiger partial charge in [-0.1, -0.05) is 11.6 Å². The van der Waals surface area contributed by atoms with Crippen LogP contribution in [0.15, 0.2) is 18.3 Å². The summed E-state index contributed by atoms with van der Waals surface area (Å²) in [7, 11) is 2.19. The summed E-state index contributed by atoms with van der Waals surface area (Å²) in [4.78, 5) is 5.83. The standard InChI is InChI=1S/C15H21N3/c1-10-6-11(2)15-12(7-10)13(8-17-15)14-9-18(3)5-4-16-14/h6-8,14,16-17H,4-5,9H2,1-3H3. The monoisotopic (exact) mass is 243 g/mol. The molecule has 0 radical (unpaired) electrons. The molecule has 1 aromatic carbocycles. The second-order valence-corrected chi connectivity index (χ2v) is 5.52. The van der Waals surface area contributed by atoms with E-state index in [1.54, 1.807) is 0 Å². The van der Waals surface area contributed by atoms with Gasteiger partial charge in [0.25, 0.3) is 0 Å². The summed E-state index contributed by atoms with van der Waals surface area (Å²) in [5.41, 5.74) is 5.36. The number of rotatable bonds is 1. The van der Waals surface area contributed by atoms with E-state index in [2.05, 4.69) is 54.4 Å². The number of nitrogens with one attached hydrogen (secondary N) is 2. The summed E-state index contributed by atoms with van der Waals surface area (Å²) in [6.45, 7) is 7.63. The molecule has 0 saturated carbocycles. The summed E-state index contributed by atoms with van der Waals surface area (Å²) in [6, 6.07) is 4.98. The molecular weight excluding hydrogens is 222 g/mol. The molecule has 0 spiro atoms. The number of hydrogen-bond donors (Lipinski definition) is 2. The van der Waals surface area contributed by atoms with Crippen LogP contribution in [0.25, 0.3) is 10.9 Å². The molecule has 0 aliphatic carbocycles. The third-order valence-corrected chi connectivity index (χ3v) is 3.92. The van der Waals surface area contributed by atoms with Crippen LogP contribution in [0.1, 0.15) is 22.7 Å². The van der Waals surface area contributed by atoms with Gasteiger partial charge in [0.2, 0.25) is 0 Å². The maximum atomic E-state index is 3.62. The van der Waals surface area contributed by atoms with Crippen molar-refractivity contribution in [2.75, 3.05) is 26.7 Å². The Morgan fingerprint density at radius 1 is 1.28 bits per heavy atom. The maximum Gasteiger partial charge on any atom is 0.0487 e. The summed E-state index contributed by atoms with van der Waals surface area (Å²) >= 11 is 0. The third-order valence-electron chi connectivity index (χ3n) is 3.92. The molecule has 1 aromatic heterocycles. The molecular formula is C15H21N3. The number of aromatic nitrogens is 1. The molecule has 1 aliphatic rings. The lowest BCUT2D eigenvalue weighted by molar-refractivity contribution is 0.241. The highest BCUT2D eigenvalue weighted by atomic mass is 15.2. The van der Waals surface area contributed by atoms with Crippen LogP contribution in [0.5, 0.6) is 0 Å². The van der Waals surface area contributed by atoms with Crippen LogP contribution in [0.2, 0.25) is 0 Å². The Morgan fingerprint density at radius 3 is 2.89 bits per heavy atom. The van der Waals surface area contributed by atoms with Crippen molar-refractivity contribution in [1.82, 2.24) is 15.2 Å². The Labute approximate surface area is 108 Å². The Bertz CT molecular complexity index is 570. The van der Waals surface area contributed by atoms with E-state index in [1.165, 1.54) is 27.6 Å². The molecule has 0 amide bonds. The highest BCUT2D eigenvalue weighted by Gasteiger charge is 2.21. The Hall–Kier alpha value is -1.32. The van der Waals surface area contributed by atoms with E-state index < -0.39 is 0 Å². The van der Waals surface area contributed by atoms with E-state index in [4.69, 9.17) is 0 Å². The molecule has 3 rings (SSSR count). The molecule has 1 aliphatic heterocycles. The van der Waals surface area contributed by atoms with E-state index in [0.29, 0.717) is 6.04 Å². The summed E-state index contributed by atoms with van der Waals surface area (Å²) < 4.78 is 0. The molecule has 1 atom stereocenters. The van der Waals surface area contributed by atoms with E-state index in [9.17, 15) is 0 Å². The van der Waals surface area contributed by atoms with Crippen LogP contribution >= 0.6 is 0 Å². The quantitative estimate of drug-likeness (QED) is 0.805. The zero-order valence-electron chi connectivity index (χ0n) is 11.4. The molecule has 1 fully saturated rings. The number of piperazine rings is 1. The van der Waals surface area contributed by atoms with Crippen molar-refractivity contribution < 1.29 is 0 Å². The molecule has 3 heteroatoms. The van der Waals surface area contributed by atoms with Gasteiger partial charge in [-0.2, -0.15) is 0 Å². The predicted octanol–water partition coefficient (Wildman–Crippen LogP) is 2.36. The smallest absolute Gasteiger partial charge is 0.0487 e. The van der Waals surface area contributed by atoms with Crippen molar-refractivity contribution in [3.63, 3.8) is 0 Å². The lowest BCUT2D eigenvalue weighted by Crippen LogP contribution is -2.43. The van der Waals surface area contributed by atoms with Crippen LogP contribution in [0, 0.1) is 13.8 Å². The number of aromatic amines is 1. The first-order valence-electron chi connectivity index (χ1n) is 6.65. The van der Waals surface area contributed by atoms with Gasteiger partial charge in [0.05, 0.1) is 0 Å². The van der Waals surface area contributed by atoms with E-state index in [-0.39, 0.29) is 0 Å². The molecule has 0 bridgehead atoms. The van der Waals surface area contributed by atoms with Gasteiger partial charge < -0.3 is 15.2 Å². The third kappa shape index (κ3) is 1.93. The minimum atomic E-state index is 0.443. The van der Waals surface area contributed by atoms with Crippen molar-refractivity contribution >= 4 is 10.9 Å². The van der Waals surface area contributed by atoms with Crippen molar-refractivity contribution in [2.24, 2.45) is 0 Å². The largest absolute Gasteiger partial charge is 0.361 e. The van der Waals surface area contributed by atoms with Crippen molar-refractivity contribution in [3.05, 3.63) is 35.0 Å². The summed E-state index contributed by atoms with van der Waals surface area (Å²) in [5, 5.41) is 5.00. The molecule has 3 nitrogen and oxygen atoms in total. The van der Waals surface area contributed by atoms with Gasteiger partial charge in [0, 0.05) is 42.8 Å². The second kappa shape index (κ2) is 4.41. The number of benzene rings is 1. The normalized spacial score (nSPS) is 21.6.